The highest BCUT2D eigenvalue weighted by Crippen LogP contribution is 2.21. The lowest BCUT2D eigenvalue weighted by Crippen LogP contribution is -2.04. The molecule has 0 aliphatic carbocycles. The largest absolute Gasteiger partial charge is 0.396 e. The number of aromatic nitrogens is 3. The second-order valence-corrected chi connectivity index (χ2v) is 7.36. The smallest absolute Gasteiger partial charge is 0.0894 e. The van der Waals surface area contributed by atoms with Crippen LogP contribution in [-0.2, 0) is 17.6 Å². The van der Waals surface area contributed by atoms with E-state index < -0.39 is 0 Å². The zero-order valence-electron chi connectivity index (χ0n) is 17.2. The minimum Gasteiger partial charge on any atom is -0.396 e. The van der Waals surface area contributed by atoms with Crippen molar-refractivity contribution in [3.05, 3.63) is 66.0 Å². The van der Waals surface area contributed by atoms with Crippen molar-refractivity contribution < 1.29 is 9.84 Å². The number of hydrogen-bond acceptors (Lipinski definition) is 5. The van der Waals surface area contributed by atoms with Gasteiger partial charge in [-0.15, -0.1) is 0 Å². The molecule has 0 aliphatic heterocycles. The fourth-order valence-electron chi connectivity index (χ4n) is 3.05. The van der Waals surface area contributed by atoms with Gasteiger partial charge >= 0.3 is 0 Å². The molecule has 0 saturated heterocycles. The third-order valence-electron chi connectivity index (χ3n) is 4.61. The van der Waals surface area contributed by atoms with Crippen LogP contribution in [0.2, 0.25) is 0 Å². The van der Waals surface area contributed by atoms with E-state index in [1.807, 2.05) is 48.8 Å². The van der Waals surface area contributed by atoms with Gasteiger partial charge in [0.05, 0.1) is 28.9 Å². The third kappa shape index (κ3) is 6.44. The van der Waals surface area contributed by atoms with Crippen LogP contribution in [0.15, 0.2) is 54.9 Å². The number of hydrogen-bond donors (Lipinski definition) is 1. The number of pyridine rings is 3. The summed E-state index contributed by atoms with van der Waals surface area (Å²) in [6.45, 7) is 5.08. The van der Waals surface area contributed by atoms with Crippen LogP contribution >= 0.6 is 0 Å². The first kappa shape index (κ1) is 21.1. The predicted octanol–water partition coefficient (Wildman–Crippen LogP) is 4.49. The Labute approximate surface area is 172 Å². The molecule has 0 atom stereocenters. The van der Waals surface area contributed by atoms with E-state index in [1.165, 1.54) is 5.56 Å². The van der Waals surface area contributed by atoms with Gasteiger partial charge in [-0.2, -0.15) is 0 Å². The standard InChI is InChI=1S/C24H29N3O2/c1-18(2)29-15-5-7-20-11-13-22(26-17-20)24-9-3-8-23(27-24)21-12-10-19(16-25-21)6-4-14-28/h3,8-13,16-18,28H,4-7,14-15H2,1-2H3. The number of aryl methyl sites for hydroxylation is 2. The van der Waals surface area contributed by atoms with Crippen LogP contribution in [0, 0.1) is 0 Å². The molecule has 5 heteroatoms. The molecular weight excluding hydrogens is 362 g/mol. The monoisotopic (exact) mass is 391 g/mol. The molecule has 0 fully saturated rings. The Morgan fingerprint density at radius 1 is 0.793 bits per heavy atom. The van der Waals surface area contributed by atoms with Gasteiger partial charge in [-0.25, -0.2) is 4.98 Å². The maximum Gasteiger partial charge on any atom is 0.0894 e. The van der Waals surface area contributed by atoms with E-state index in [4.69, 9.17) is 14.8 Å². The normalized spacial score (nSPS) is 11.2. The van der Waals surface area contributed by atoms with Gasteiger partial charge in [0.1, 0.15) is 0 Å². The van der Waals surface area contributed by atoms with Gasteiger partial charge in [0, 0.05) is 25.6 Å². The average Bonchev–Trinajstić information content (AvgIpc) is 2.76. The van der Waals surface area contributed by atoms with Crippen LogP contribution in [0.3, 0.4) is 0 Å². The van der Waals surface area contributed by atoms with Gasteiger partial charge in [-0.3, -0.25) is 9.97 Å². The predicted molar refractivity (Wildman–Crippen MR) is 116 cm³/mol. The lowest BCUT2D eigenvalue weighted by atomic mass is 10.1. The molecule has 3 rings (SSSR count). The lowest BCUT2D eigenvalue weighted by molar-refractivity contribution is 0.0772. The molecule has 3 aromatic rings. The van der Waals surface area contributed by atoms with Crippen LogP contribution < -0.4 is 0 Å². The molecule has 0 saturated carbocycles. The van der Waals surface area contributed by atoms with E-state index in [0.29, 0.717) is 0 Å². The Morgan fingerprint density at radius 3 is 1.86 bits per heavy atom. The first-order chi connectivity index (χ1) is 14.2. The summed E-state index contributed by atoms with van der Waals surface area (Å²) in [7, 11) is 0. The number of aliphatic hydroxyl groups excluding tert-OH is 1. The Bertz CT molecular complexity index is 877. The van der Waals surface area contributed by atoms with E-state index >= 15 is 0 Å². The summed E-state index contributed by atoms with van der Waals surface area (Å²) in [5.74, 6) is 0. The zero-order valence-corrected chi connectivity index (χ0v) is 17.2. The van der Waals surface area contributed by atoms with E-state index in [-0.39, 0.29) is 12.7 Å². The highest BCUT2D eigenvalue weighted by molar-refractivity contribution is 5.61. The number of ether oxygens (including phenoxy) is 1. The molecule has 0 aromatic carbocycles. The summed E-state index contributed by atoms with van der Waals surface area (Å²) in [6, 6.07) is 14.1. The van der Waals surface area contributed by atoms with Crippen LogP contribution in [0.1, 0.15) is 37.8 Å². The van der Waals surface area contributed by atoms with E-state index in [0.717, 1.165) is 60.6 Å². The SMILES string of the molecule is CC(C)OCCCc1ccc(-c2cccc(-c3ccc(CCCO)cn3)n2)nc1. The summed E-state index contributed by atoms with van der Waals surface area (Å²) >= 11 is 0. The van der Waals surface area contributed by atoms with Crippen molar-refractivity contribution in [2.75, 3.05) is 13.2 Å². The van der Waals surface area contributed by atoms with E-state index in [9.17, 15) is 0 Å². The second kappa shape index (κ2) is 10.8. The molecule has 0 radical (unpaired) electrons. The maximum absolute atomic E-state index is 8.95. The molecule has 0 unspecified atom stereocenters. The van der Waals surface area contributed by atoms with E-state index in [1.54, 1.807) is 0 Å². The van der Waals surface area contributed by atoms with Crippen molar-refractivity contribution in [1.29, 1.82) is 0 Å². The Morgan fingerprint density at radius 2 is 1.38 bits per heavy atom. The molecule has 0 bridgehead atoms. The van der Waals surface area contributed by atoms with Crippen molar-refractivity contribution in [1.82, 2.24) is 15.0 Å². The van der Waals surface area contributed by atoms with Crippen molar-refractivity contribution in [3.8, 4) is 22.8 Å². The number of aliphatic hydroxyl groups is 1. The molecule has 29 heavy (non-hydrogen) atoms. The fraction of sp³-hybridized carbons (Fsp3) is 0.375. The molecule has 0 spiro atoms. The fourth-order valence-corrected chi connectivity index (χ4v) is 3.05. The summed E-state index contributed by atoms with van der Waals surface area (Å²) < 4.78 is 5.59. The van der Waals surface area contributed by atoms with Gasteiger partial charge in [-0.05, 0) is 74.9 Å². The molecule has 1 N–H and O–H groups in total. The lowest BCUT2D eigenvalue weighted by Gasteiger charge is -2.08. The highest BCUT2D eigenvalue weighted by atomic mass is 16.5. The molecule has 0 amide bonds. The number of nitrogens with zero attached hydrogens (tertiary/aromatic N) is 3. The van der Waals surface area contributed by atoms with Gasteiger partial charge in [0.2, 0.25) is 0 Å². The molecule has 5 nitrogen and oxygen atoms in total. The highest BCUT2D eigenvalue weighted by Gasteiger charge is 2.06. The maximum atomic E-state index is 8.95. The topological polar surface area (TPSA) is 68.1 Å². The van der Waals surface area contributed by atoms with Crippen LogP contribution in [0.4, 0.5) is 0 Å². The minimum absolute atomic E-state index is 0.197. The average molecular weight is 392 g/mol. The van der Waals surface area contributed by atoms with Crippen molar-refractivity contribution in [2.24, 2.45) is 0 Å². The van der Waals surface area contributed by atoms with Gasteiger partial charge in [0.15, 0.2) is 0 Å². The van der Waals surface area contributed by atoms with Crippen molar-refractivity contribution in [2.45, 2.75) is 45.6 Å². The Balaban J connectivity index is 1.66. The molecule has 3 aromatic heterocycles. The minimum atomic E-state index is 0.197. The Kier molecular flexibility index (Phi) is 7.85. The summed E-state index contributed by atoms with van der Waals surface area (Å²) in [4.78, 5) is 13.9. The summed E-state index contributed by atoms with van der Waals surface area (Å²) in [5, 5.41) is 8.95. The zero-order chi connectivity index (χ0) is 20.5. The molecule has 0 aliphatic rings. The quantitative estimate of drug-likeness (QED) is 0.516. The molecular formula is C24H29N3O2. The third-order valence-corrected chi connectivity index (χ3v) is 4.61. The van der Waals surface area contributed by atoms with Crippen molar-refractivity contribution >= 4 is 0 Å². The summed E-state index contributed by atoms with van der Waals surface area (Å²) in [5.41, 5.74) is 5.68. The Hall–Kier alpha value is -2.63. The first-order valence-electron chi connectivity index (χ1n) is 10.3. The van der Waals surface area contributed by atoms with Crippen molar-refractivity contribution in [3.63, 3.8) is 0 Å². The van der Waals surface area contributed by atoms with Gasteiger partial charge < -0.3 is 9.84 Å². The van der Waals surface area contributed by atoms with Gasteiger partial charge in [-0.1, -0.05) is 18.2 Å². The van der Waals surface area contributed by atoms with Crippen LogP contribution in [0.5, 0.6) is 0 Å². The second-order valence-electron chi connectivity index (χ2n) is 7.36. The molecule has 3 heterocycles. The first-order valence-corrected chi connectivity index (χ1v) is 10.3. The summed E-state index contributed by atoms with van der Waals surface area (Å²) in [6.07, 6.45) is 7.59. The molecule has 152 valence electrons. The van der Waals surface area contributed by atoms with Gasteiger partial charge in [0.25, 0.3) is 0 Å². The van der Waals surface area contributed by atoms with E-state index in [2.05, 4.69) is 29.9 Å². The van der Waals surface area contributed by atoms with Crippen LogP contribution in [-0.4, -0.2) is 39.4 Å². The number of rotatable bonds is 10. The van der Waals surface area contributed by atoms with Crippen LogP contribution in [0.25, 0.3) is 22.8 Å².